The highest BCUT2D eigenvalue weighted by Gasteiger charge is 2.08. The lowest BCUT2D eigenvalue weighted by Crippen LogP contribution is -2.28. The Kier molecular flexibility index (Phi) is 6.48. The Hall–Kier alpha value is -2.71. The molecule has 0 bridgehead atoms. The maximum atomic E-state index is 12.0. The van der Waals surface area contributed by atoms with Gasteiger partial charge in [0.2, 0.25) is 10.0 Å². The largest absolute Gasteiger partial charge is 0.334 e. The van der Waals surface area contributed by atoms with Crippen molar-refractivity contribution in [2.24, 2.45) is 0 Å². The van der Waals surface area contributed by atoms with Gasteiger partial charge in [0.25, 0.3) is 0 Å². The minimum Gasteiger partial charge on any atom is -0.334 e. The number of hydrogen-bond donors (Lipinski definition) is 3. The van der Waals surface area contributed by atoms with Crippen LogP contribution in [0.4, 0.5) is 10.5 Å². The number of nitrogens with one attached hydrogen (secondary N) is 3. The minimum atomic E-state index is -3.31. The number of amides is 2. The fourth-order valence-corrected chi connectivity index (χ4v) is 2.99. The van der Waals surface area contributed by atoms with Crippen LogP contribution in [-0.4, -0.2) is 27.3 Å². The molecule has 138 valence electrons. The van der Waals surface area contributed by atoms with Crippen LogP contribution in [0.2, 0.25) is 0 Å². The fraction of sp³-hybridized carbons (Fsp3) is 0.222. The third-order valence-corrected chi connectivity index (χ3v) is 5.01. The van der Waals surface area contributed by atoms with Gasteiger partial charge in [-0.2, -0.15) is 0 Å². The average molecular weight is 375 g/mol. The second kappa shape index (κ2) is 8.59. The molecular weight excluding hydrogens is 354 g/mol. The van der Waals surface area contributed by atoms with Crippen LogP contribution in [0.1, 0.15) is 28.4 Å². The molecule has 8 heteroatoms. The summed E-state index contributed by atoms with van der Waals surface area (Å²) < 4.78 is 25.3. The lowest BCUT2D eigenvalue weighted by atomic mass is 10.1. The molecule has 0 heterocycles. The quantitative estimate of drug-likeness (QED) is 0.646. The van der Waals surface area contributed by atoms with E-state index in [2.05, 4.69) is 15.4 Å². The SMILES string of the molecule is CNS(=O)(=O)Cc1ccc(CNC(=O)Nc2cccc(C(C)=O)c2)cc1. The number of carbonyl (C=O) groups is 2. The minimum absolute atomic E-state index is 0.0746. The Balaban J connectivity index is 1.89. The summed E-state index contributed by atoms with van der Waals surface area (Å²) in [6.07, 6.45) is 0. The van der Waals surface area contributed by atoms with Gasteiger partial charge in [-0.3, -0.25) is 4.79 Å². The van der Waals surface area contributed by atoms with Crippen molar-refractivity contribution in [1.29, 1.82) is 0 Å². The van der Waals surface area contributed by atoms with Gasteiger partial charge >= 0.3 is 6.03 Å². The zero-order valence-electron chi connectivity index (χ0n) is 14.6. The van der Waals surface area contributed by atoms with E-state index in [4.69, 9.17) is 0 Å². The number of benzene rings is 2. The summed E-state index contributed by atoms with van der Waals surface area (Å²) in [6, 6.07) is 13.2. The molecule has 2 rings (SSSR count). The van der Waals surface area contributed by atoms with E-state index in [1.54, 1.807) is 48.5 Å². The molecule has 7 nitrogen and oxygen atoms in total. The Bertz CT molecular complexity index is 893. The van der Waals surface area contributed by atoms with E-state index < -0.39 is 16.1 Å². The van der Waals surface area contributed by atoms with E-state index in [0.717, 1.165) is 5.56 Å². The van der Waals surface area contributed by atoms with Gasteiger partial charge in [-0.25, -0.2) is 17.9 Å². The summed E-state index contributed by atoms with van der Waals surface area (Å²) in [5, 5.41) is 5.38. The number of carbonyl (C=O) groups excluding carboxylic acids is 2. The van der Waals surface area contributed by atoms with E-state index in [9.17, 15) is 18.0 Å². The summed E-state index contributed by atoms with van der Waals surface area (Å²) in [6.45, 7) is 1.75. The average Bonchev–Trinajstić information content (AvgIpc) is 2.61. The van der Waals surface area contributed by atoms with Crippen molar-refractivity contribution in [3.05, 3.63) is 65.2 Å². The van der Waals surface area contributed by atoms with Crippen LogP contribution in [0.5, 0.6) is 0 Å². The van der Waals surface area contributed by atoms with E-state index in [0.29, 0.717) is 16.8 Å². The highest BCUT2D eigenvalue weighted by atomic mass is 32.2. The molecule has 0 aliphatic heterocycles. The molecule has 26 heavy (non-hydrogen) atoms. The Morgan fingerprint density at radius 1 is 1.00 bits per heavy atom. The molecule has 2 aromatic carbocycles. The van der Waals surface area contributed by atoms with E-state index in [-0.39, 0.29) is 18.1 Å². The van der Waals surface area contributed by atoms with E-state index >= 15 is 0 Å². The van der Waals surface area contributed by atoms with Gasteiger partial charge in [-0.05, 0) is 37.2 Å². The molecule has 2 aromatic rings. The maximum absolute atomic E-state index is 12.0. The molecular formula is C18H21N3O4S. The van der Waals surface area contributed by atoms with Crippen molar-refractivity contribution in [2.75, 3.05) is 12.4 Å². The second-order valence-electron chi connectivity index (χ2n) is 5.72. The Morgan fingerprint density at radius 2 is 1.65 bits per heavy atom. The first-order valence-electron chi connectivity index (χ1n) is 7.94. The number of hydrogen-bond acceptors (Lipinski definition) is 4. The molecule has 0 fully saturated rings. The van der Waals surface area contributed by atoms with Crippen LogP contribution in [0.15, 0.2) is 48.5 Å². The Morgan fingerprint density at radius 3 is 2.27 bits per heavy atom. The molecule has 0 unspecified atom stereocenters. The summed E-state index contributed by atoms with van der Waals surface area (Å²) >= 11 is 0. The molecule has 0 aliphatic rings. The van der Waals surface area contributed by atoms with Crippen LogP contribution >= 0.6 is 0 Å². The molecule has 0 aromatic heterocycles. The van der Waals surface area contributed by atoms with Gasteiger partial charge in [-0.15, -0.1) is 0 Å². The summed E-state index contributed by atoms with van der Waals surface area (Å²) in [4.78, 5) is 23.3. The van der Waals surface area contributed by atoms with E-state index in [1.165, 1.54) is 14.0 Å². The first kappa shape index (κ1) is 19.6. The number of anilines is 1. The first-order valence-corrected chi connectivity index (χ1v) is 9.59. The molecule has 0 radical (unpaired) electrons. The number of urea groups is 1. The third kappa shape index (κ3) is 5.98. The molecule has 0 atom stereocenters. The number of Topliss-reactive ketones (excluding diaryl/α,β-unsaturated/α-hetero) is 1. The Labute approximate surface area is 152 Å². The van der Waals surface area contributed by atoms with Crippen LogP contribution < -0.4 is 15.4 Å². The van der Waals surface area contributed by atoms with Gasteiger partial charge < -0.3 is 10.6 Å². The third-order valence-electron chi connectivity index (χ3n) is 3.67. The highest BCUT2D eigenvalue weighted by molar-refractivity contribution is 7.88. The van der Waals surface area contributed by atoms with Gasteiger partial charge in [0.15, 0.2) is 5.78 Å². The smallest absolute Gasteiger partial charge is 0.319 e. The van der Waals surface area contributed by atoms with Crippen LogP contribution in [-0.2, 0) is 22.3 Å². The first-order chi connectivity index (χ1) is 12.3. The number of sulfonamides is 1. The van der Waals surface area contributed by atoms with Crippen molar-refractivity contribution in [3.63, 3.8) is 0 Å². The van der Waals surface area contributed by atoms with Crippen LogP contribution in [0.25, 0.3) is 0 Å². The van der Waals surface area contributed by atoms with Gasteiger partial charge in [0.05, 0.1) is 5.75 Å². The highest BCUT2D eigenvalue weighted by Crippen LogP contribution is 2.11. The predicted octanol–water partition coefficient (Wildman–Crippen LogP) is 2.26. The second-order valence-corrected chi connectivity index (χ2v) is 7.65. The lowest BCUT2D eigenvalue weighted by Gasteiger charge is -2.09. The van der Waals surface area contributed by atoms with Crippen LogP contribution in [0.3, 0.4) is 0 Å². The summed E-state index contributed by atoms with van der Waals surface area (Å²) in [5.41, 5.74) is 2.55. The lowest BCUT2D eigenvalue weighted by molar-refractivity contribution is 0.101. The number of ketones is 1. The van der Waals surface area contributed by atoms with E-state index in [1.807, 2.05) is 0 Å². The van der Waals surface area contributed by atoms with Gasteiger partial charge in [-0.1, -0.05) is 36.4 Å². The zero-order valence-corrected chi connectivity index (χ0v) is 15.4. The van der Waals surface area contributed by atoms with Crippen molar-refractivity contribution < 1.29 is 18.0 Å². The molecule has 0 aliphatic carbocycles. The summed E-state index contributed by atoms with van der Waals surface area (Å²) in [5.74, 6) is -0.168. The zero-order chi connectivity index (χ0) is 19.2. The van der Waals surface area contributed by atoms with Crippen molar-refractivity contribution in [3.8, 4) is 0 Å². The van der Waals surface area contributed by atoms with Crippen molar-refractivity contribution in [1.82, 2.24) is 10.0 Å². The maximum Gasteiger partial charge on any atom is 0.319 e. The summed E-state index contributed by atoms with van der Waals surface area (Å²) in [7, 11) is -1.94. The molecule has 2 amide bonds. The van der Waals surface area contributed by atoms with Gasteiger partial charge in [0, 0.05) is 17.8 Å². The molecule has 3 N–H and O–H groups in total. The van der Waals surface area contributed by atoms with Gasteiger partial charge in [0.1, 0.15) is 0 Å². The monoisotopic (exact) mass is 375 g/mol. The molecule has 0 saturated carbocycles. The van der Waals surface area contributed by atoms with Crippen molar-refractivity contribution in [2.45, 2.75) is 19.2 Å². The number of rotatable bonds is 7. The van der Waals surface area contributed by atoms with Crippen LogP contribution in [0, 0.1) is 0 Å². The van der Waals surface area contributed by atoms with Crippen molar-refractivity contribution >= 4 is 27.5 Å². The normalized spacial score (nSPS) is 11.0. The molecule has 0 saturated heterocycles. The fourth-order valence-electron chi connectivity index (χ4n) is 2.22. The topological polar surface area (TPSA) is 104 Å². The standard InChI is InChI=1S/C18H21N3O4S/c1-13(22)16-4-3-5-17(10-16)21-18(23)20-11-14-6-8-15(9-7-14)12-26(24,25)19-2/h3-10,19H,11-12H2,1-2H3,(H2,20,21,23). The predicted molar refractivity (Wildman–Crippen MR) is 100 cm³/mol. The molecule has 0 spiro atoms.